The summed E-state index contributed by atoms with van der Waals surface area (Å²) in [6.45, 7) is 1.91. The van der Waals surface area contributed by atoms with E-state index in [0.717, 1.165) is 16.7 Å². The van der Waals surface area contributed by atoms with Crippen molar-refractivity contribution >= 4 is 35.2 Å². The van der Waals surface area contributed by atoms with E-state index in [9.17, 15) is 18.8 Å². The highest BCUT2D eigenvalue weighted by Gasteiger charge is 2.40. The van der Waals surface area contributed by atoms with Crippen LogP contribution < -0.4 is 10.6 Å². The van der Waals surface area contributed by atoms with Gasteiger partial charge >= 0.3 is 5.97 Å². The number of hydrogen-bond donors (Lipinski definition) is 1. The van der Waals surface area contributed by atoms with Crippen LogP contribution >= 0.6 is 11.8 Å². The van der Waals surface area contributed by atoms with Gasteiger partial charge in [-0.3, -0.25) is 14.4 Å². The summed E-state index contributed by atoms with van der Waals surface area (Å²) < 4.78 is 17.7. The third kappa shape index (κ3) is 4.08. The Labute approximate surface area is 137 Å². The lowest BCUT2D eigenvalue weighted by molar-refractivity contribution is -0.144. The first-order valence-corrected chi connectivity index (χ1v) is 8.15. The lowest BCUT2D eigenvalue weighted by Crippen LogP contribution is -2.36. The first-order chi connectivity index (χ1) is 10.9. The van der Waals surface area contributed by atoms with Crippen molar-refractivity contribution in [1.82, 2.24) is 0 Å². The zero-order valence-corrected chi connectivity index (χ0v) is 13.3. The molecular formula is C15H17FN2O4S. The maximum atomic E-state index is 12.9. The minimum absolute atomic E-state index is 0.0242. The summed E-state index contributed by atoms with van der Waals surface area (Å²) in [6, 6.07) is 4.29. The molecule has 1 aliphatic heterocycles. The van der Waals surface area contributed by atoms with Crippen LogP contribution in [0.1, 0.15) is 13.3 Å². The molecule has 1 fully saturated rings. The van der Waals surface area contributed by atoms with E-state index in [1.807, 2.05) is 0 Å². The summed E-state index contributed by atoms with van der Waals surface area (Å²) in [6.07, 6.45) is 0.0242. The molecular weight excluding hydrogens is 323 g/mol. The van der Waals surface area contributed by atoms with E-state index in [1.54, 1.807) is 6.92 Å². The summed E-state index contributed by atoms with van der Waals surface area (Å²) >= 11 is 1.15. The average Bonchev–Trinajstić information content (AvgIpc) is 2.80. The van der Waals surface area contributed by atoms with Gasteiger partial charge in [0.15, 0.2) is 0 Å². The van der Waals surface area contributed by atoms with E-state index >= 15 is 0 Å². The number of carbonyl (C=O) groups excluding carboxylic acids is 3. The number of carbonyl (C=O) groups is 3. The van der Waals surface area contributed by atoms with Gasteiger partial charge < -0.3 is 10.5 Å². The molecule has 0 radical (unpaired) electrons. The average molecular weight is 340 g/mol. The number of nitrogens with zero attached hydrogens (tertiary/aromatic N) is 1. The smallest absolute Gasteiger partial charge is 0.323 e. The molecule has 23 heavy (non-hydrogen) atoms. The molecule has 0 bridgehead atoms. The number of hydrogen-bond acceptors (Lipinski definition) is 6. The Kier molecular flexibility index (Phi) is 5.73. The predicted molar refractivity (Wildman–Crippen MR) is 84.4 cm³/mol. The number of esters is 1. The van der Waals surface area contributed by atoms with Gasteiger partial charge in [0.25, 0.3) is 0 Å². The number of benzene rings is 1. The molecule has 0 saturated carbocycles. The zero-order valence-electron chi connectivity index (χ0n) is 12.5. The van der Waals surface area contributed by atoms with Crippen molar-refractivity contribution < 1.29 is 23.5 Å². The van der Waals surface area contributed by atoms with E-state index in [2.05, 4.69) is 0 Å². The lowest BCUT2D eigenvalue weighted by Gasteiger charge is -2.15. The maximum Gasteiger partial charge on any atom is 0.323 e. The van der Waals surface area contributed by atoms with Crippen molar-refractivity contribution in [2.45, 2.75) is 24.6 Å². The summed E-state index contributed by atoms with van der Waals surface area (Å²) in [5.41, 5.74) is 6.01. The fraction of sp³-hybridized carbons (Fsp3) is 0.400. The van der Waals surface area contributed by atoms with Crippen LogP contribution in [0.5, 0.6) is 0 Å². The van der Waals surface area contributed by atoms with Gasteiger partial charge in [-0.2, -0.15) is 0 Å². The number of imide groups is 1. The summed E-state index contributed by atoms with van der Waals surface area (Å²) in [5.74, 6) is -1.54. The van der Waals surface area contributed by atoms with Gasteiger partial charge in [-0.05, 0) is 31.2 Å². The Morgan fingerprint density at radius 3 is 2.70 bits per heavy atom. The molecule has 0 unspecified atom stereocenters. The largest absolute Gasteiger partial charge is 0.465 e. The highest BCUT2D eigenvalue weighted by atomic mass is 32.2. The van der Waals surface area contributed by atoms with E-state index in [1.165, 1.54) is 24.3 Å². The first-order valence-electron chi connectivity index (χ1n) is 7.10. The Balaban J connectivity index is 1.98. The third-order valence-corrected chi connectivity index (χ3v) is 4.58. The lowest BCUT2D eigenvalue weighted by atomic mass is 10.3. The SMILES string of the molecule is CCOC(=O)[C@H](N)CS[C@H]1CC(=O)N(c2ccc(F)cc2)C1=O. The summed E-state index contributed by atoms with van der Waals surface area (Å²) in [7, 11) is 0. The van der Waals surface area contributed by atoms with Gasteiger partial charge in [-0.25, -0.2) is 9.29 Å². The van der Waals surface area contributed by atoms with Crippen LogP contribution in [0.15, 0.2) is 24.3 Å². The maximum absolute atomic E-state index is 12.9. The number of amides is 2. The topological polar surface area (TPSA) is 89.7 Å². The highest BCUT2D eigenvalue weighted by Crippen LogP contribution is 2.30. The van der Waals surface area contributed by atoms with Crippen molar-refractivity contribution in [3.05, 3.63) is 30.1 Å². The first kappa shape index (κ1) is 17.4. The normalized spacial score (nSPS) is 19.1. The fourth-order valence-corrected chi connectivity index (χ4v) is 3.22. The second kappa shape index (κ2) is 7.56. The molecule has 1 heterocycles. The van der Waals surface area contributed by atoms with E-state index < -0.39 is 23.1 Å². The number of rotatable bonds is 6. The number of nitrogens with two attached hydrogens (primary N) is 1. The van der Waals surface area contributed by atoms with Gasteiger partial charge in [-0.15, -0.1) is 11.8 Å². The van der Waals surface area contributed by atoms with Gasteiger partial charge in [0.1, 0.15) is 11.9 Å². The second-order valence-electron chi connectivity index (χ2n) is 4.93. The molecule has 1 aromatic rings. The number of halogens is 1. The van der Waals surface area contributed by atoms with Crippen molar-refractivity contribution in [3.63, 3.8) is 0 Å². The van der Waals surface area contributed by atoms with Crippen molar-refractivity contribution in [2.75, 3.05) is 17.3 Å². The molecule has 0 spiro atoms. The van der Waals surface area contributed by atoms with Crippen LogP contribution in [0.3, 0.4) is 0 Å². The molecule has 2 atom stereocenters. The van der Waals surface area contributed by atoms with Gasteiger partial charge in [0, 0.05) is 12.2 Å². The molecule has 0 aliphatic carbocycles. The Morgan fingerprint density at radius 1 is 1.43 bits per heavy atom. The summed E-state index contributed by atoms with van der Waals surface area (Å²) in [5, 5.41) is -0.604. The third-order valence-electron chi connectivity index (χ3n) is 3.26. The Bertz CT molecular complexity index is 608. The molecule has 1 saturated heterocycles. The molecule has 2 amide bonds. The molecule has 1 aromatic carbocycles. The van der Waals surface area contributed by atoms with Gasteiger partial charge in [-0.1, -0.05) is 0 Å². The summed E-state index contributed by atoms with van der Waals surface area (Å²) in [4.78, 5) is 36.9. The molecule has 8 heteroatoms. The highest BCUT2D eigenvalue weighted by molar-refractivity contribution is 8.00. The van der Waals surface area contributed by atoms with Gasteiger partial charge in [0.05, 0.1) is 17.5 Å². The standard InChI is InChI=1S/C15H17FN2O4S/c1-2-22-15(21)11(17)8-23-12-7-13(19)18(14(12)20)10-5-3-9(16)4-6-10/h3-6,11-12H,2,7-8,17H2,1H3/t11-,12+/m1/s1. The van der Waals surface area contributed by atoms with Crippen LogP contribution in [0, 0.1) is 5.82 Å². The quantitative estimate of drug-likeness (QED) is 0.616. The Morgan fingerprint density at radius 2 is 2.09 bits per heavy atom. The molecule has 2 rings (SSSR count). The van der Waals surface area contributed by atoms with Crippen LogP contribution in [-0.2, 0) is 19.1 Å². The molecule has 1 aliphatic rings. The number of thioether (sulfide) groups is 1. The Hall–Kier alpha value is -1.93. The minimum atomic E-state index is -0.845. The molecule has 0 aromatic heterocycles. The van der Waals surface area contributed by atoms with Crippen LogP contribution in [-0.4, -0.2) is 41.4 Å². The van der Waals surface area contributed by atoms with Crippen LogP contribution in [0.2, 0.25) is 0 Å². The fourth-order valence-electron chi connectivity index (χ4n) is 2.13. The molecule has 6 nitrogen and oxygen atoms in total. The zero-order chi connectivity index (χ0) is 17.0. The van der Waals surface area contributed by atoms with Crippen LogP contribution in [0.4, 0.5) is 10.1 Å². The monoisotopic (exact) mass is 340 g/mol. The van der Waals surface area contributed by atoms with Gasteiger partial charge in [0.2, 0.25) is 11.8 Å². The molecule has 124 valence electrons. The molecule has 2 N–H and O–H groups in total. The number of ether oxygens (including phenoxy) is 1. The van der Waals surface area contributed by atoms with E-state index in [0.29, 0.717) is 5.69 Å². The van der Waals surface area contributed by atoms with Crippen molar-refractivity contribution in [2.24, 2.45) is 5.73 Å². The van der Waals surface area contributed by atoms with Crippen molar-refractivity contribution in [3.8, 4) is 0 Å². The number of anilines is 1. The van der Waals surface area contributed by atoms with E-state index in [-0.39, 0.29) is 30.6 Å². The van der Waals surface area contributed by atoms with Crippen molar-refractivity contribution in [1.29, 1.82) is 0 Å². The van der Waals surface area contributed by atoms with Crippen LogP contribution in [0.25, 0.3) is 0 Å². The predicted octanol–water partition coefficient (Wildman–Crippen LogP) is 1.08. The second-order valence-corrected chi connectivity index (χ2v) is 6.16. The van der Waals surface area contributed by atoms with E-state index in [4.69, 9.17) is 10.5 Å². The minimum Gasteiger partial charge on any atom is -0.465 e.